The summed E-state index contributed by atoms with van der Waals surface area (Å²) < 4.78 is 26.5. The van der Waals surface area contributed by atoms with Crippen LogP contribution in [0, 0.1) is 11.8 Å². The van der Waals surface area contributed by atoms with Gasteiger partial charge in [0.15, 0.2) is 5.79 Å². The molecule has 0 radical (unpaired) electrons. The zero-order chi connectivity index (χ0) is 37.1. The third-order valence-corrected chi connectivity index (χ3v) is 11.9. The quantitative estimate of drug-likeness (QED) is 0.134. The number of imidazole rings is 1. The molecule has 11 nitrogen and oxygen atoms in total. The van der Waals surface area contributed by atoms with Crippen LogP contribution in [-0.2, 0) is 27.9 Å². The van der Waals surface area contributed by atoms with E-state index in [9.17, 15) is 0 Å². The largest absolute Gasteiger partial charge is 0.497 e. The second kappa shape index (κ2) is 13.9. The second-order valence-electron chi connectivity index (χ2n) is 17.0. The summed E-state index contributed by atoms with van der Waals surface area (Å²) in [4.78, 5) is 20.5. The maximum atomic E-state index is 6.63. The number of rotatable bonds is 12. The molecule has 53 heavy (non-hydrogen) atoms. The van der Waals surface area contributed by atoms with Crippen LogP contribution in [0.15, 0.2) is 55.0 Å². The van der Waals surface area contributed by atoms with Crippen LogP contribution in [0.4, 0.5) is 5.82 Å². The molecule has 8 rings (SSSR count). The van der Waals surface area contributed by atoms with Crippen LogP contribution in [0.25, 0.3) is 22.1 Å². The minimum atomic E-state index is -0.626. The van der Waals surface area contributed by atoms with Gasteiger partial charge in [-0.15, -0.1) is 0 Å². The number of aryl methyl sites for hydroxylation is 1. The average molecular weight is 722 g/mol. The Labute approximate surface area is 312 Å². The Morgan fingerprint density at radius 3 is 2.58 bits per heavy atom. The van der Waals surface area contributed by atoms with Gasteiger partial charge in [0.1, 0.15) is 41.2 Å². The van der Waals surface area contributed by atoms with Gasteiger partial charge >= 0.3 is 0 Å². The highest BCUT2D eigenvalue weighted by Crippen LogP contribution is 2.49. The van der Waals surface area contributed by atoms with Gasteiger partial charge in [0.2, 0.25) is 0 Å². The highest BCUT2D eigenvalue weighted by molar-refractivity contribution is 5.87. The molecule has 11 heteroatoms. The van der Waals surface area contributed by atoms with Gasteiger partial charge in [0.25, 0.3) is 0 Å². The summed E-state index contributed by atoms with van der Waals surface area (Å²) in [5, 5.41) is 4.50. The molecule has 3 aromatic heterocycles. The van der Waals surface area contributed by atoms with Gasteiger partial charge in [-0.3, -0.25) is 0 Å². The number of anilines is 1. The van der Waals surface area contributed by atoms with Crippen molar-refractivity contribution in [3.8, 4) is 11.5 Å². The third kappa shape index (κ3) is 7.11. The SMILES string of the molecule is COc1ccc(CNc2ncnc3c2ccn3[C@@H]2C[C@H](CN(C)C3CC(CCc4nc5cc(C(C)(C)C)ccc5[nH]4)C3)[C@H]3OC(C)(C)O[C@H]32)c(OC)c1. The van der Waals surface area contributed by atoms with Crippen molar-refractivity contribution in [2.45, 2.75) is 109 Å². The number of aromatic amines is 1. The van der Waals surface area contributed by atoms with Crippen LogP contribution in [0.2, 0.25) is 0 Å². The highest BCUT2D eigenvalue weighted by atomic mass is 16.8. The Morgan fingerprint density at radius 2 is 1.81 bits per heavy atom. The first-order chi connectivity index (χ1) is 25.4. The number of nitrogens with one attached hydrogen (secondary N) is 2. The number of H-pyrrole nitrogens is 1. The molecule has 5 aromatic rings. The fraction of sp³-hybridized carbons (Fsp3) is 0.548. The van der Waals surface area contributed by atoms with Crippen LogP contribution in [-0.4, -0.2) is 81.3 Å². The third-order valence-electron chi connectivity index (χ3n) is 11.9. The monoisotopic (exact) mass is 721 g/mol. The highest BCUT2D eigenvalue weighted by Gasteiger charge is 2.55. The van der Waals surface area contributed by atoms with Gasteiger partial charge in [0.05, 0.1) is 42.8 Å². The zero-order valence-corrected chi connectivity index (χ0v) is 32.5. The Kier molecular flexibility index (Phi) is 9.40. The molecule has 3 fully saturated rings. The molecule has 4 heterocycles. The van der Waals surface area contributed by atoms with Gasteiger partial charge in [-0.05, 0) is 93.8 Å². The predicted octanol–water partition coefficient (Wildman–Crippen LogP) is 7.66. The Hall–Kier alpha value is -4.19. The number of aromatic nitrogens is 5. The fourth-order valence-electron chi connectivity index (χ4n) is 8.86. The lowest BCUT2D eigenvalue weighted by Crippen LogP contribution is -2.46. The number of nitrogens with zero attached hydrogens (tertiary/aromatic N) is 5. The minimum absolute atomic E-state index is 0.0274. The van der Waals surface area contributed by atoms with E-state index in [1.807, 2.05) is 32.0 Å². The van der Waals surface area contributed by atoms with Crippen LogP contribution < -0.4 is 14.8 Å². The number of fused-ring (bicyclic) bond motifs is 3. The first-order valence-corrected chi connectivity index (χ1v) is 19.2. The summed E-state index contributed by atoms with van der Waals surface area (Å²) in [6.07, 6.45) is 9.36. The minimum Gasteiger partial charge on any atom is -0.497 e. The van der Waals surface area contributed by atoms with Crippen molar-refractivity contribution in [1.29, 1.82) is 0 Å². The zero-order valence-electron chi connectivity index (χ0n) is 32.5. The summed E-state index contributed by atoms with van der Waals surface area (Å²) in [5.41, 5.74) is 5.58. The number of hydrogen-bond donors (Lipinski definition) is 2. The lowest BCUT2D eigenvalue weighted by molar-refractivity contribution is -0.161. The van der Waals surface area contributed by atoms with E-state index in [0.717, 1.165) is 76.1 Å². The van der Waals surface area contributed by atoms with Crippen molar-refractivity contribution in [2.24, 2.45) is 11.8 Å². The summed E-state index contributed by atoms with van der Waals surface area (Å²) in [6.45, 7) is 12.4. The number of hydrogen-bond acceptors (Lipinski definition) is 9. The average Bonchev–Trinajstić information content (AvgIpc) is 3.87. The molecule has 0 amide bonds. The standard InChI is InChI=1S/C42H55N7O4/c1-41(2,3)28-11-13-32-33(20-28)47-36(46-32)14-9-25-17-29(18-25)48(6)23-27-19-34(38-37(27)52-42(4,5)53-38)49-16-15-31-39(44-24-45-40(31)49)43-22-26-10-12-30(50-7)21-35(26)51-8/h10-13,15-16,20-21,24-25,27,29,34,37-38H,9,14,17-19,22-23H2,1-8H3,(H,46,47)(H,43,44,45)/t25?,27-,29?,34-,37-,38+/m1/s1. The van der Waals surface area contributed by atoms with Crippen molar-refractivity contribution >= 4 is 27.9 Å². The van der Waals surface area contributed by atoms with Crippen LogP contribution >= 0.6 is 0 Å². The molecule has 2 N–H and O–H groups in total. The predicted molar refractivity (Wildman–Crippen MR) is 208 cm³/mol. The molecule has 1 saturated heterocycles. The van der Waals surface area contributed by atoms with Crippen molar-refractivity contribution in [2.75, 3.05) is 33.1 Å². The van der Waals surface area contributed by atoms with Crippen molar-refractivity contribution in [3.63, 3.8) is 0 Å². The molecule has 2 aromatic carbocycles. The maximum absolute atomic E-state index is 6.63. The van der Waals surface area contributed by atoms with Gasteiger partial charge in [0, 0.05) is 49.3 Å². The molecule has 0 unspecified atom stereocenters. The molecule has 4 atom stereocenters. The molecule has 0 spiro atoms. The van der Waals surface area contributed by atoms with Crippen LogP contribution in [0.1, 0.15) is 83.3 Å². The fourth-order valence-corrected chi connectivity index (χ4v) is 8.86. The van der Waals surface area contributed by atoms with Gasteiger partial charge < -0.3 is 38.7 Å². The Bertz CT molecular complexity index is 2080. The maximum Gasteiger partial charge on any atom is 0.163 e. The Morgan fingerprint density at radius 1 is 1.00 bits per heavy atom. The smallest absolute Gasteiger partial charge is 0.163 e. The molecule has 1 aliphatic heterocycles. The van der Waals surface area contributed by atoms with Gasteiger partial charge in [-0.2, -0.15) is 0 Å². The lowest BCUT2D eigenvalue weighted by Gasteiger charge is -2.42. The van der Waals surface area contributed by atoms with E-state index in [0.29, 0.717) is 18.5 Å². The number of ether oxygens (including phenoxy) is 4. The summed E-state index contributed by atoms with van der Waals surface area (Å²) in [7, 11) is 5.63. The molecule has 282 valence electrons. The van der Waals surface area contributed by atoms with Crippen molar-refractivity contribution in [1.82, 2.24) is 29.4 Å². The normalized spacial score (nSPS) is 25.2. The molecule has 0 bridgehead atoms. The number of benzene rings is 2. The summed E-state index contributed by atoms with van der Waals surface area (Å²) >= 11 is 0. The van der Waals surface area contributed by atoms with E-state index in [1.54, 1.807) is 20.5 Å². The van der Waals surface area contributed by atoms with Crippen molar-refractivity contribution < 1.29 is 18.9 Å². The molecular formula is C42H55N7O4. The summed E-state index contributed by atoms with van der Waals surface area (Å²) in [5.74, 6) is 3.88. The van der Waals surface area contributed by atoms with E-state index in [4.69, 9.17) is 28.9 Å². The van der Waals surface area contributed by atoms with Crippen molar-refractivity contribution in [3.05, 3.63) is 71.9 Å². The lowest BCUT2D eigenvalue weighted by atomic mass is 9.76. The van der Waals surface area contributed by atoms with Gasteiger partial charge in [-0.25, -0.2) is 15.0 Å². The first-order valence-electron chi connectivity index (χ1n) is 19.2. The molecular weight excluding hydrogens is 667 g/mol. The first kappa shape index (κ1) is 35.8. The van der Waals surface area contributed by atoms with Crippen LogP contribution in [0.5, 0.6) is 11.5 Å². The van der Waals surface area contributed by atoms with E-state index >= 15 is 0 Å². The van der Waals surface area contributed by atoms with Gasteiger partial charge in [-0.1, -0.05) is 26.8 Å². The van der Waals surface area contributed by atoms with E-state index in [-0.39, 0.29) is 23.7 Å². The van der Waals surface area contributed by atoms with E-state index in [2.05, 4.69) is 83.0 Å². The summed E-state index contributed by atoms with van der Waals surface area (Å²) in [6, 6.07) is 15.3. The molecule has 2 aliphatic carbocycles. The van der Waals surface area contributed by atoms with E-state index in [1.165, 1.54) is 24.8 Å². The van der Waals surface area contributed by atoms with Crippen LogP contribution in [0.3, 0.4) is 0 Å². The van der Waals surface area contributed by atoms with E-state index < -0.39 is 5.79 Å². The Balaban J connectivity index is 0.902. The second-order valence-corrected chi connectivity index (χ2v) is 17.0. The number of methoxy groups -OCH3 is 2. The molecule has 2 saturated carbocycles. The topological polar surface area (TPSA) is 112 Å². The molecule has 3 aliphatic rings.